The standard InChI is InChI=1S/C12H11NO4/c1-2-17-12(16)9-6-13-10-5-7(11(14)15)3-4-8(9)10/h3-6,13H,2H2,1H3,(H,14,15). The molecule has 0 spiro atoms. The molecule has 88 valence electrons. The van der Waals surface area contributed by atoms with Gasteiger partial charge < -0.3 is 14.8 Å². The molecule has 0 saturated carbocycles. The van der Waals surface area contributed by atoms with Crippen molar-refractivity contribution in [3.8, 4) is 0 Å². The minimum Gasteiger partial charge on any atom is -0.478 e. The second-order valence-electron chi connectivity index (χ2n) is 3.49. The average molecular weight is 233 g/mol. The number of aromatic amines is 1. The van der Waals surface area contributed by atoms with Crippen LogP contribution in [0.3, 0.4) is 0 Å². The topological polar surface area (TPSA) is 79.4 Å². The summed E-state index contributed by atoms with van der Waals surface area (Å²) in [7, 11) is 0. The molecule has 0 amide bonds. The van der Waals surface area contributed by atoms with Crippen LogP contribution in [0.1, 0.15) is 27.6 Å². The number of esters is 1. The Hall–Kier alpha value is -2.30. The van der Waals surface area contributed by atoms with E-state index in [4.69, 9.17) is 9.84 Å². The minimum atomic E-state index is -1.00. The summed E-state index contributed by atoms with van der Waals surface area (Å²) in [6.07, 6.45) is 1.52. The maximum atomic E-state index is 11.6. The summed E-state index contributed by atoms with van der Waals surface area (Å²) >= 11 is 0. The van der Waals surface area contributed by atoms with Crippen molar-refractivity contribution < 1.29 is 19.4 Å². The summed E-state index contributed by atoms with van der Waals surface area (Å²) in [5, 5.41) is 9.50. The second kappa shape index (κ2) is 4.29. The Kier molecular flexibility index (Phi) is 2.82. The van der Waals surface area contributed by atoms with Gasteiger partial charge in [-0.25, -0.2) is 9.59 Å². The van der Waals surface area contributed by atoms with Crippen LogP contribution in [-0.4, -0.2) is 28.6 Å². The molecule has 5 heteroatoms. The smallest absolute Gasteiger partial charge is 0.340 e. The second-order valence-corrected chi connectivity index (χ2v) is 3.49. The first-order chi connectivity index (χ1) is 8.13. The van der Waals surface area contributed by atoms with Gasteiger partial charge in [0.25, 0.3) is 0 Å². The van der Waals surface area contributed by atoms with Crippen molar-refractivity contribution in [2.45, 2.75) is 6.92 Å². The number of nitrogens with one attached hydrogen (secondary N) is 1. The SMILES string of the molecule is CCOC(=O)c1c[nH]c2cc(C(=O)O)ccc12. The van der Waals surface area contributed by atoms with E-state index in [2.05, 4.69) is 4.98 Å². The van der Waals surface area contributed by atoms with Gasteiger partial charge in [-0.1, -0.05) is 6.07 Å². The van der Waals surface area contributed by atoms with Crippen LogP contribution in [0.4, 0.5) is 0 Å². The first-order valence-corrected chi connectivity index (χ1v) is 5.15. The fraction of sp³-hybridized carbons (Fsp3) is 0.167. The highest BCUT2D eigenvalue weighted by Crippen LogP contribution is 2.20. The van der Waals surface area contributed by atoms with Crippen molar-refractivity contribution in [2.75, 3.05) is 6.61 Å². The van der Waals surface area contributed by atoms with Crippen LogP contribution >= 0.6 is 0 Å². The quantitative estimate of drug-likeness (QED) is 0.795. The Morgan fingerprint density at radius 1 is 1.41 bits per heavy atom. The number of benzene rings is 1. The summed E-state index contributed by atoms with van der Waals surface area (Å²) < 4.78 is 4.90. The number of aromatic carboxylic acids is 1. The van der Waals surface area contributed by atoms with Gasteiger partial charge in [0.05, 0.1) is 17.7 Å². The van der Waals surface area contributed by atoms with Crippen molar-refractivity contribution in [3.63, 3.8) is 0 Å². The van der Waals surface area contributed by atoms with E-state index in [0.717, 1.165) is 0 Å². The third-order valence-corrected chi connectivity index (χ3v) is 2.42. The van der Waals surface area contributed by atoms with Crippen LogP contribution in [0.25, 0.3) is 10.9 Å². The number of fused-ring (bicyclic) bond motifs is 1. The fourth-order valence-corrected chi connectivity index (χ4v) is 1.64. The molecule has 5 nitrogen and oxygen atoms in total. The third kappa shape index (κ3) is 1.99. The van der Waals surface area contributed by atoms with E-state index >= 15 is 0 Å². The van der Waals surface area contributed by atoms with Crippen molar-refractivity contribution in [2.24, 2.45) is 0 Å². The fourth-order valence-electron chi connectivity index (χ4n) is 1.64. The van der Waals surface area contributed by atoms with Crippen LogP contribution in [0.5, 0.6) is 0 Å². The molecular weight excluding hydrogens is 222 g/mol. The number of hydrogen-bond donors (Lipinski definition) is 2. The van der Waals surface area contributed by atoms with Crippen LogP contribution in [0.2, 0.25) is 0 Å². The van der Waals surface area contributed by atoms with Crippen molar-refractivity contribution >= 4 is 22.8 Å². The van der Waals surface area contributed by atoms with Gasteiger partial charge in [-0.05, 0) is 19.1 Å². The predicted octanol–water partition coefficient (Wildman–Crippen LogP) is 2.04. The van der Waals surface area contributed by atoms with E-state index in [9.17, 15) is 9.59 Å². The minimum absolute atomic E-state index is 0.176. The molecule has 0 atom stereocenters. The number of carbonyl (C=O) groups excluding carboxylic acids is 1. The average Bonchev–Trinajstić information content (AvgIpc) is 2.71. The molecule has 0 radical (unpaired) electrons. The molecule has 0 saturated heterocycles. The van der Waals surface area contributed by atoms with E-state index in [1.807, 2.05) is 0 Å². The highest BCUT2D eigenvalue weighted by Gasteiger charge is 2.14. The molecule has 2 N–H and O–H groups in total. The lowest BCUT2D eigenvalue weighted by Crippen LogP contribution is -2.03. The molecule has 0 unspecified atom stereocenters. The number of carboxylic acid groups (broad SMARTS) is 1. The Labute approximate surface area is 97.0 Å². The molecule has 0 aliphatic carbocycles. The van der Waals surface area contributed by atoms with E-state index in [1.54, 1.807) is 13.0 Å². The van der Waals surface area contributed by atoms with Crippen molar-refractivity contribution in [1.82, 2.24) is 4.98 Å². The summed E-state index contributed by atoms with van der Waals surface area (Å²) in [6.45, 7) is 2.04. The van der Waals surface area contributed by atoms with Gasteiger partial charge in [-0.15, -0.1) is 0 Å². The van der Waals surface area contributed by atoms with Gasteiger partial charge in [0.2, 0.25) is 0 Å². The maximum Gasteiger partial charge on any atom is 0.340 e. The number of aromatic nitrogens is 1. The number of carbonyl (C=O) groups is 2. The number of ether oxygens (including phenoxy) is 1. The van der Waals surface area contributed by atoms with Crippen LogP contribution in [0, 0.1) is 0 Å². The van der Waals surface area contributed by atoms with Gasteiger partial charge in [0, 0.05) is 17.1 Å². The number of carboxylic acids is 1. The number of hydrogen-bond acceptors (Lipinski definition) is 3. The molecule has 0 bridgehead atoms. The van der Waals surface area contributed by atoms with Crippen LogP contribution in [0.15, 0.2) is 24.4 Å². The van der Waals surface area contributed by atoms with E-state index in [1.165, 1.54) is 18.3 Å². The summed E-state index contributed by atoms with van der Waals surface area (Å²) in [5.41, 5.74) is 1.20. The molecule has 0 aliphatic rings. The molecule has 2 rings (SSSR count). The Balaban J connectivity index is 2.48. The van der Waals surface area contributed by atoms with E-state index < -0.39 is 11.9 Å². The van der Waals surface area contributed by atoms with Gasteiger partial charge in [0.15, 0.2) is 0 Å². The zero-order chi connectivity index (χ0) is 12.4. The number of H-pyrrole nitrogens is 1. The zero-order valence-corrected chi connectivity index (χ0v) is 9.19. The van der Waals surface area contributed by atoms with Crippen molar-refractivity contribution in [3.05, 3.63) is 35.5 Å². The molecule has 0 fully saturated rings. The Bertz CT molecular complexity index is 585. The van der Waals surface area contributed by atoms with Crippen LogP contribution in [-0.2, 0) is 4.74 Å². The normalized spacial score (nSPS) is 10.4. The van der Waals surface area contributed by atoms with Gasteiger partial charge in [-0.3, -0.25) is 0 Å². The summed E-state index contributed by atoms with van der Waals surface area (Å²) in [5.74, 6) is -1.42. The lowest BCUT2D eigenvalue weighted by atomic mass is 10.1. The molecule has 2 aromatic rings. The largest absolute Gasteiger partial charge is 0.478 e. The van der Waals surface area contributed by atoms with Gasteiger partial charge in [0.1, 0.15) is 0 Å². The molecule has 0 aliphatic heterocycles. The highest BCUT2D eigenvalue weighted by molar-refractivity contribution is 6.05. The monoisotopic (exact) mass is 233 g/mol. The third-order valence-electron chi connectivity index (χ3n) is 2.42. The molecule has 1 aromatic carbocycles. The van der Waals surface area contributed by atoms with E-state index in [-0.39, 0.29) is 5.56 Å². The first kappa shape index (κ1) is 11.2. The summed E-state index contributed by atoms with van der Waals surface area (Å²) in [6, 6.07) is 4.54. The molecule has 17 heavy (non-hydrogen) atoms. The lowest BCUT2D eigenvalue weighted by Gasteiger charge is -2.00. The van der Waals surface area contributed by atoms with E-state index in [0.29, 0.717) is 23.1 Å². The first-order valence-electron chi connectivity index (χ1n) is 5.15. The molecular formula is C12H11NO4. The molecule has 1 heterocycles. The lowest BCUT2D eigenvalue weighted by molar-refractivity contribution is 0.0528. The number of rotatable bonds is 3. The predicted molar refractivity (Wildman–Crippen MR) is 61.2 cm³/mol. The summed E-state index contributed by atoms with van der Waals surface area (Å²) in [4.78, 5) is 25.2. The van der Waals surface area contributed by atoms with Crippen LogP contribution < -0.4 is 0 Å². The molecule has 1 aromatic heterocycles. The Morgan fingerprint density at radius 2 is 2.18 bits per heavy atom. The van der Waals surface area contributed by atoms with Crippen molar-refractivity contribution in [1.29, 1.82) is 0 Å². The van der Waals surface area contributed by atoms with Gasteiger partial charge in [-0.2, -0.15) is 0 Å². The zero-order valence-electron chi connectivity index (χ0n) is 9.19. The Morgan fingerprint density at radius 3 is 2.82 bits per heavy atom. The highest BCUT2D eigenvalue weighted by atomic mass is 16.5. The van der Waals surface area contributed by atoms with Gasteiger partial charge >= 0.3 is 11.9 Å². The maximum absolute atomic E-state index is 11.6.